The van der Waals surface area contributed by atoms with Crippen molar-refractivity contribution in [3.8, 4) is 0 Å². The number of aliphatic hydroxyl groups excluding tert-OH is 1. The first-order valence-corrected chi connectivity index (χ1v) is 2.61. The van der Waals surface area contributed by atoms with Gasteiger partial charge in [0, 0.05) is 0 Å². The van der Waals surface area contributed by atoms with E-state index in [-0.39, 0.29) is 41.6 Å². The van der Waals surface area contributed by atoms with Crippen LogP contribution in [-0.4, -0.2) is 17.2 Å². The molecule has 0 aliphatic heterocycles. The normalized spacial score (nSPS) is 11.4. The molecule has 0 saturated heterocycles. The molecule has 4 heteroatoms. The van der Waals surface area contributed by atoms with Gasteiger partial charge < -0.3 is 15.0 Å². The van der Waals surface area contributed by atoms with Crippen molar-refractivity contribution in [3.63, 3.8) is 0 Å². The molecule has 0 aliphatic carbocycles. The quantitative estimate of drug-likeness (QED) is 0.332. The fourth-order valence-corrected chi connectivity index (χ4v) is 0.440. The van der Waals surface area contributed by atoms with Gasteiger partial charge in [-0.15, -0.1) is 0 Å². The van der Waals surface area contributed by atoms with Crippen molar-refractivity contribution < 1.29 is 44.6 Å². The van der Waals surface area contributed by atoms with Gasteiger partial charge in [-0.05, 0) is 18.9 Å². The Hall–Kier alpha value is 0.170. The van der Waals surface area contributed by atoms with Crippen LogP contribution in [0.25, 0.3) is 0 Å². The second-order valence-electron chi connectivity index (χ2n) is 1.94. The number of carboxylic acids is 1. The Morgan fingerprint density at radius 2 is 2.20 bits per heavy atom. The summed E-state index contributed by atoms with van der Waals surface area (Å²) in [5.41, 5.74) is -0.0648. The molecule has 0 bridgehead atoms. The maximum Gasteiger partial charge on any atom is 1.00 e. The van der Waals surface area contributed by atoms with Crippen LogP contribution in [0.3, 0.4) is 0 Å². The molecular formula is C6H9NaO3. The molecule has 0 amide bonds. The molecular weight excluding hydrogens is 143 g/mol. The monoisotopic (exact) mass is 152 g/mol. The summed E-state index contributed by atoms with van der Waals surface area (Å²) < 4.78 is 0. The van der Waals surface area contributed by atoms with Crippen LogP contribution >= 0.6 is 0 Å². The number of carbonyl (C=O) groups is 1. The van der Waals surface area contributed by atoms with Gasteiger partial charge in [-0.25, -0.2) is 0 Å². The molecule has 0 aromatic rings. The van der Waals surface area contributed by atoms with E-state index in [2.05, 4.69) is 6.58 Å². The summed E-state index contributed by atoms with van der Waals surface area (Å²) in [5.74, 6) is -1.30. The Kier molecular flexibility index (Phi) is 7.58. The fourth-order valence-electron chi connectivity index (χ4n) is 0.440. The zero-order chi connectivity index (χ0) is 7.44. The molecule has 0 rings (SSSR count). The van der Waals surface area contributed by atoms with E-state index in [4.69, 9.17) is 5.11 Å². The van der Waals surface area contributed by atoms with Crippen LogP contribution in [0.1, 0.15) is 13.3 Å². The third kappa shape index (κ3) is 6.29. The van der Waals surface area contributed by atoms with Crippen LogP contribution in [0.4, 0.5) is 0 Å². The summed E-state index contributed by atoms with van der Waals surface area (Å²) in [5, 5.41) is 18.5. The molecule has 0 saturated carbocycles. The van der Waals surface area contributed by atoms with Gasteiger partial charge >= 0.3 is 29.6 Å². The minimum atomic E-state index is -1.30. The van der Waals surface area contributed by atoms with Crippen molar-refractivity contribution in [1.82, 2.24) is 0 Å². The Morgan fingerprint density at radius 1 is 1.80 bits per heavy atom. The number of carbonyl (C=O) groups excluding carboxylic acids is 1. The smallest absolute Gasteiger partial charge is 0.545 e. The van der Waals surface area contributed by atoms with Gasteiger partial charge in [0.25, 0.3) is 0 Å². The van der Waals surface area contributed by atoms with Crippen LogP contribution < -0.4 is 34.7 Å². The maximum atomic E-state index is 9.91. The first-order valence-electron chi connectivity index (χ1n) is 2.61. The summed E-state index contributed by atoms with van der Waals surface area (Å²) in [6, 6.07) is 0. The Labute approximate surface area is 82.0 Å². The molecule has 3 nitrogen and oxygen atoms in total. The molecule has 0 fully saturated rings. The van der Waals surface area contributed by atoms with Crippen LogP contribution in [-0.2, 0) is 4.79 Å². The van der Waals surface area contributed by atoms with Gasteiger partial charge in [0.05, 0.1) is 12.1 Å². The Morgan fingerprint density at radius 3 is 2.30 bits per heavy atom. The number of hydrogen-bond donors (Lipinski definition) is 1. The molecule has 1 N–H and O–H groups in total. The van der Waals surface area contributed by atoms with E-state index in [0.717, 1.165) is 0 Å². The third-order valence-electron chi connectivity index (χ3n) is 0.830. The SMILES string of the molecule is C=C(CC(C)O)C(=O)[O-].[Na+]. The summed E-state index contributed by atoms with van der Waals surface area (Å²) in [7, 11) is 0. The Bertz CT molecular complexity index is 131. The van der Waals surface area contributed by atoms with Crippen LogP contribution in [0, 0.1) is 0 Å². The fraction of sp³-hybridized carbons (Fsp3) is 0.500. The zero-order valence-corrected chi connectivity index (χ0v) is 8.26. The zero-order valence-electron chi connectivity index (χ0n) is 6.26. The van der Waals surface area contributed by atoms with Crippen molar-refractivity contribution >= 4 is 5.97 Å². The average molecular weight is 152 g/mol. The largest absolute Gasteiger partial charge is 1.00 e. The summed E-state index contributed by atoms with van der Waals surface area (Å²) in [6.45, 7) is 4.67. The molecule has 1 atom stereocenters. The molecule has 1 unspecified atom stereocenters. The molecule has 0 radical (unpaired) electrons. The topological polar surface area (TPSA) is 60.4 Å². The Balaban J connectivity index is 0. The standard InChI is InChI=1S/C6H10O3.Na/c1-4(6(8)9)3-5(2)7;/h5,7H,1,3H2,2H3,(H,8,9);/q;+1/p-1. The molecule has 0 aromatic carbocycles. The van der Waals surface area contributed by atoms with Crippen molar-refractivity contribution in [1.29, 1.82) is 0 Å². The summed E-state index contributed by atoms with van der Waals surface area (Å²) >= 11 is 0. The number of aliphatic hydroxyl groups is 1. The third-order valence-corrected chi connectivity index (χ3v) is 0.830. The minimum Gasteiger partial charge on any atom is -0.545 e. The van der Waals surface area contributed by atoms with E-state index in [9.17, 15) is 9.90 Å². The van der Waals surface area contributed by atoms with Crippen molar-refractivity contribution in [3.05, 3.63) is 12.2 Å². The van der Waals surface area contributed by atoms with Crippen LogP contribution in [0.2, 0.25) is 0 Å². The van der Waals surface area contributed by atoms with E-state index in [1.807, 2.05) is 0 Å². The average Bonchev–Trinajstić information content (AvgIpc) is 1.63. The second kappa shape index (κ2) is 5.92. The molecule has 10 heavy (non-hydrogen) atoms. The number of hydrogen-bond acceptors (Lipinski definition) is 3. The molecule has 0 aromatic heterocycles. The molecule has 52 valence electrons. The van der Waals surface area contributed by atoms with Crippen molar-refractivity contribution in [2.75, 3.05) is 0 Å². The van der Waals surface area contributed by atoms with Crippen LogP contribution in [0.5, 0.6) is 0 Å². The van der Waals surface area contributed by atoms with Crippen molar-refractivity contribution in [2.24, 2.45) is 0 Å². The van der Waals surface area contributed by atoms with E-state index in [1.165, 1.54) is 6.92 Å². The number of aliphatic carboxylic acids is 1. The van der Waals surface area contributed by atoms with Gasteiger partial charge in [0.1, 0.15) is 0 Å². The predicted molar refractivity (Wildman–Crippen MR) is 30.4 cm³/mol. The number of rotatable bonds is 3. The summed E-state index contributed by atoms with van der Waals surface area (Å²) in [6.07, 6.45) is -0.585. The molecule has 0 spiro atoms. The maximum absolute atomic E-state index is 9.91. The summed E-state index contributed by atoms with van der Waals surface area (Å²) in [4.78, 5) is 9.91. The van der Waals surface area contributed by atoms with Gasteiger partial charge in [0.15, 0.2) is 0 Å². The van der Waals surface area contributed by atoms with E-state index < -0.39 is 12.1 Å². The molecule has 0 heterocycles. The van der Waals surface area contributed by atoms with Gasteiger partial charge in [0.2, 0.25) is 0 Å². The molecule has 0 aliphatic rings. The predicted octanol–water partition coefficient (Wildman–Crippen LogP) is -3.93. The van der Waals surface area contributed by atoms with Gasteiger partial charge in [-0.2, -0.15) is 0 Å². The minimum absolute atomic E-state index is 0. The van der Waals surface area contributed by atoms with E-state index >= 15 is 0 Å². The van der Waals surface area contributed by atoms with E-state index in [0.29, 0.717) is 0 Å². The van der Waals surface area contributed by atoms with Gasteiger partial charge in [-0.1, -0.05) is 6.58 Å². The first kappa shape index (κ1) is 12.8. The van der Waals surface area contributed by atoms with Crippen molar-refractivity contribution in [2.45, 2.75) is 19.4 Å². The number of carboxylic acid groups (broad SMARTS) is 1. The van der Waals surface area contributed by atoms with Crippen LogP contribution in [0.15, 0.2) is 12.2 Å². The second-order valence-corrected chi connectivity index (χ2v) is 1.94. The first-order chi connectivity index (χ1) is 4.04. The van der Waals surface area contributed by atoms with Gasteiger partial charge in [-0.3, -0.25) is 0 Å². The van der Waals surface area contributed by atoms with E-state index in [1.54, 1.807) is 0 Å².